The summed E-state index contributed by atoms with van der Waals surface area (Å²) in [7, 11) is 1.77. The van der Waals surface area contributed by atoms with Gasteiger partial charge in [0.25, 0.3) is 5.69 Å². The lowest BCUT2D eigenvalue weighted by Crippen LogP contribution is -2.38. The Kier molecular flexibility index (Phi) is 4.22. The first-order valence-corrected chi connectivity index (χ1v) is 6.44. The van der Waals surface area contributed by atoms with Crippen molar-refractivity contribution in [2.24, 2.45) is 16.8 Å². The summed E-state index contributed by atoms with van der Waals surface area (Å²) in [5.74, 6) is 0.501. The van der Waals surface area contributed by atoms with Crippen molar-refractivity contribution in [1.29, 1.82) is 0 Å². The van der Waals surface area contributed by atoms with Crippen molar-refractivity contribution in [1.82, 2.24) is 4.98 Å². The van der Waals surface area contributed by atoms with E-state index in [2.05, 4.69) is 10.1 Å². The molecule has 0 radical (unpaired) electrons. The number of oxime groups is 1. The van der Waals surface area contributed by atoms with Gasteiger partial charge in [-0.2, -0.15) is 0 Å². The van der Waals surface area contributed by atoms with Gasteiger partial charge in [0.1, 0.15) is 12.0 Å². The van der Waals surface area contributed by atoms with Crippen molar-refractivity contribution in [2.75, 3.05) is 18.5 Å². The molecular formula is C12H17N5O4. The number of pyridine rings is 1. The second-order valence-corrected chi connectivity index (χ2v) is 5.18. The number of hydrogen-bond donors (Lipinski definition) is 3. The number of aliphatic hydroxyl groups excluding tert-OH is 1. The van der Waals surface area contributed by atoms with Gasteiger partial charge < -0.3 is 20.9 Å². The average Bonchev–Trinajstić information content (AvgIpc) is 2.43. The predicted molar refractivity (Wildman–Crippen MR) is 75.4 cm³/mol. The van der Waals surface area contributed by atoms with Crippen LogP contribution in [-0.4, -0.2) is 45.8 Å². The first kappa shape index (κ1) is 15.0. The molecule has 1 heterocycles. The largest absolute Gasteiger partial charge is 0.409 e. The topological polar surface area (TPSA) is 138 Å². The molecule has 1 aromatic heterocycles. The van der Waals surface area contributed by atoms with Crippen molar-refractivity contribution in [3.05, 3.63) is 27.9 Å². The third-order valence-corrected chi connectivity index (χ3v) is 3.55. The number of nitrogens with two attached hydrogens (primary N) is 1. The summed E-state index contributed by atoms with van der Waals surface area (Å²) in [6.07, 6.45) is 2.32. The van der Waals surface area contributed by atoms with Crippen LogP contribution in [-0.2, 0) is 0 Å². The number of aliphatic hydroxyl groups is 1. The Labute approximate surface area is 120 Å². The quantitative estimate of drug-likeness (QED) is 0.233. The van der Waals surface area contributed by atoms with Crippen LogP contribution in [0.3, 0.4) is 0 Å². The van der Waals surface area contributed by atoms with E-state index in [0.29, 0.717) is 18.3 Å². The smallest absolute Gasteiger partial charge is 0.288 e. The van der Waals surface area contributed by atoms with Gasteiger partial charge in [0, 0.05) is 19.7 Å². The molecule has 0 aliphatic heterocycles. The van der Waals surface area contributed by atoms with E-state index in [1.807, 2.05) is 0 Å². The number of anilines is 1. The third-order valence-electron chi connectivity index (χ3n) is 3.55. The molecule has 9 nitrogen and oxygen atoms in total. The highest BCUT2D eigenvalue weighted by Crippen LogP contribution is 2.30. The monoisotopic (exact) mass is 295 g/mol. The molecule has 0 aromatic carbocycles. The first-order valence-electron chi connectivity index (χ1n) is 6.44. The second-order valence-electron chi connectivity index (χ2n) is 5.18. The molecule has 2 rings (SSSR count). The van der Waals surface area contributed by atoms with Crippen molar-refractivity contribution >= 4 is 17.3 Å². The van der Waals surface area contributed by atoms with Crippen LogP contribution in [0.5, 0.6) is 0 Å². The number of nitro groups is 1. The molecule has 0 atom stereocenters. The standard InChI is InChI=1S/C12H17N5O4/c1-16(6-7-2-9(18)3-7)12-10(11(13)15-19)4-8(5-14-12)17(20)21/h4-5,7,9,18-19H,2-3,6H2,1H3,(H2,13,15). The molecule has 0 spiro atoms. The Bertz CT molecular complexity index is 571. The lowest BCUT2D eigenvalue weighted by Gasteiger charge is -2.35. The molecule has 1 aromatic rings. The fourth-order valence-corrected chi connectivity index (χ4v) is 2.42. The van der Waals surface area contributed by atoms with E-state index in [9.17, 15) is 15.2 Å². The van der Waals surface area contributed by atoms with Crippen molar-refractivity contribution in [3.63, 3.8) is 0 Å². The normalized spacial score (nSPS) is 21.7. The van der Waals surface area contributed by atoms with Crippen molar-refractivity contribution in [2.45, 2.75) is 18.9 Å². The molecular weight excluding hydrogens is 278 g/mol. The molecule has 1 saturated carbocycles. The molecule has 0 bridgehead atoms. The number of rotatable bonds is 5. The highest BCUT2D eigenvalue weighted by Gasteiger charge is 2.29. The van der Waals surface area contributed by atoms with Crippen LogP contribution in [0.15, 0.2) is 17.4 Å². The minimum absolute atomic E-state index is 0.203. The molecule has 1 aliphatic carbocycles. The number of aromatic nitrogens is 1. The van der Waals surface area contributed by atoms with Gasteiger partial charge in [-0.1, -0.05) is 5.16 Å². The number of nitrogens with zero attached hydrogens (tertiary/aromatic N) is 4. The van der Waals surface area contributed by atoms with Gasteiger partial charge in [-0.25, -0.2) is 4.98 Å². The molecule has 0 amide bonds. The van der Waals surface area contributed by atoms with E-state index < -0.39 is 4.92 Å². The van der Waals surface area contributed by atoms with E-state index in [0.717, 1.165) is 19.0 Å². The van der Waals surface area contributed by atoms with Crippen LogP contribution in [0.1, 0.15) is 18.4 Å². The minimum atomic E-state index is -0.590. The van der Waals surface area contributed by atoms with Gasteiger partial charge in [0.05, 0.1) is 16.6 Å². The third kappa shape index (κ3) is 3.19. The van der Waals surface area contributed by atoms with E-state index in [1.54, 1.807) is 11.9 Å². The fourth-order valence-electron chi connectivity index (χ4n) is 2.42. The summed E-state index contributed by atoms with van der Waals surface area (Å²) in [4.78, 5) is 16.0. The summed E-state index contributed by atoms with van der Waals surface area (Å²) in [6, 6.07) is 1.23. The molecule has 0 saturated heterocycles. The summed E-state index contributed by atoms with van der Waals surface area (Å²) < 4.78 is 0. The SMILES string of the molecule is CN(CC1CC(O)C1)c1ncc([N+](=O)[O-])cc1C(N)=NO. The Balaban J connectivity index is 2.26. The highest BCUT2D eigenvalue weighted by atomic mass is 16.6. The van der Waals surface area contributed by atoms with Gasteiger partial charge in [-0.3, -0.25) is 10.1 Å². The minimum Gasteiger partial charge on any atom is -0.409 e. The van der Waals surface area contributed by atoms with Gasteiger partial charge in [-0.05, 0) is 18.8 Å². The zero-order valence-electron chi connectivity index (χ0n) is 11.5. The van der Waals surface area contributed by atoms with E-state index >= 15 is 0 Å². The molecule has 1 fully saturated rings. The van der Waals surface area contributed by atoms with Crippen LogP contribution in [0.2, 0.25) is 0 Å². The van der Waals surface area contributed by atoms with Gasteiger partial charge in [-0.15, -0.1) is 0 Å². The molecule has 4 N–H and O–H groups in total. The van der Waals surface area contributed by atoms with Crippen molar-refractivity contribution in [3.8, 4) is 0 Å². The van der Waals surface area contributed by atoms with E-state index in [4.69, 9.17) is 10.9 Å². The maximum absolute atomic E-state index is 10.8. The van der Waals surface area contributed by atoms with Crippen LogP contribution in [0.4, 0.5) is 11.5 Å². The van der Waals surface area contributed by atoms with Crippen molar-refractivity contribution < 1.29 is 15.2 Å². The molecule has 9 heteroatoms. The fraction of sp³-hybridized carbons (Fsp3) is 0.500. The van der Waals surface area contributed by atoms with Crippen LogP contribution in [0.25, 0.3) is 0 Å². The summed E-state index contributed by atoms with van der Waals surface area (Å²) >= 11 is 0. The Morgan fingerprint density at radius 1 is 1.67 bits per heavy atom. The van der Waals surface area contributed by atoms with Gasteiger partial charge in [0.2, 0.25) is 0 Å². The Morgan fingerprint density at radius 2 is 2.33 bits per heavy atom. The molecule has 114 valence electrons. The summed E-state index contributed by atoms with van der Waals surface area (Å²) in [6.45, 7) is 0.633. The Hall–Kier alpha value is -2.42. The lowest BCUT2D eigenvalue weighted by atomic mass is 9.82. The summed E-state index contributed by atoms with van der Waals surface area (Å²) in [5.41, 5.74) is 5.55. The van der Waals surface area contributed by atoms with Crippen LogP contribution < -0.4 is 10.6 Å². The van der Waals surface area contributed by atoms with Gasteiger partial charge in [0.15, 0.2) is 5.84 Å². The maximum Gasteiger partial charge on any atom is 0.288 e. The predicted octanol–water partition coefficient (Wildman–Crippen LogP) is 0.291. The molecule has 0 unspecified atom stereocenters. The number of amidine groups is 1. The van der Waals surface area contributed by atoms with Gasteiger partial charge >= 0.3 is 0 Å². The zero-order valence-corrected chi connectivity index (χ0v) is 11.5. The number of hydrogen-bond acceptors (Lipinski definition) is 7. The van der Waals surface area contributed by atoms with Crippen LogP contribution in [0, 0.1) is 16.0 Å². The zero-order chi connectivity index (χ0) is 15.6. The maximum atomic E-state index is 10.8. The first-order chi connectivity index (χ1) is 9.92. The molecule has 21 heavy (non-hydrogen) atoms. The summed E-state index contributed by atoms with van der Waals surface area (Å²) in [5, 5.41) is 31.8. The van der Waals surface area contributed by atoms with E-state index in [-0.39, 0.29) is 23.2 Å². The Morgan fingerprint density at radius 3 is 2.86 bits per heavy atom. The van der Waals surface area contributed by atoms with Crippen LogP contribution >= 0.6 is 0 Å². The molecule has 1 aliphatic rings. The average molecular weight is 295 g/mol. The van der Waals surface area contributed by atoms with E-state index in [1.165, 1.54) is 6.07 Å². The second kappa shape index (κ2) is 5.92. The lowest BCUT2D eigenvalue weighted by molar-refractivity contribution is -0.385. The highest BCUT2D eigenvalue weighted by molar-refractivity contribution is 6.01.